The zero-order valence-corrected chi connectivity index (χ0v) is 16.9. The van der Waals surface area contributed by atoms with Gasteiger partial charge in [0.25, 0.3) is 5.91 Å². The van der Waals surface area contributed by atoms with E-state index in [-0.39, 0.29) is 35.4 Å². The molecule has 0 atom stereocenters. The summed E-state index contributed by atoms with van der Waals surface area (Å²) >= 11 is 0. The van der Waals surface area contributed by atoms with Crippen molar-refractivity contribution in [1.82, 2.24) is 14.8 Å². The first-order valence-corrected chi connectivity index (χ1v) is 9.42. The normalized spacial score (nSPS) is 11.4. The smallest absolute Gasteiger partial charge is 0.456 e. The van der Waals surface area contributed by atoms with E-state index in [9.17, 15) is 22.8 Å². The molecule has 3 heterocycles. The van der Waals surface area contributed by atoms with Gasteiger partial charge in [-0.05, 0) is 36.4 Å². The molecule has 0 bridgehead atoms. The molecule has 0 saturated heterocycles. The van der Waals surface area contributed by atoms with Crippen LogP contribution in [-0.4, -0.2) is 32.8 Å². The second-order valence-corrected chi connectivity index (χ2v) is 6.78. The molecule has 0 radical (unpaired) electrons. The molecule has 1 N–H and O–H groups in total. The van der Waals surface area contributed by atoms with Gasteiger partial charge in [-0.25, -0.2) is 4.98 Å². The second-order valence-electron chi connectivity index (χ2n) is 6.78. The minimum atomic E-state index is -4.81. The average molecular weight is 460 g/mol. The molecule has 170 valence electrons. The third-order valence-electron chi connectivity index (χ3n) is 4.34. The van der Waals surface area contributed by atoms with Gasteiger partial charge in [-0.15, -0.1) is 13.2 Å². The maximum atomic E-state index is 12.7. The third kappa shape index (κ3) is 5.29. The topological polar surface area (TPSA) is 112 Å². The Hall–Kier alpha value is -4.35. The van der Waals surface area contributed by atoms with Gasteiger partial charge < -0.3 is 18.9 Å². The molecule has 0 aliphatic rings. The Morgan fingerprint density at radius 2 is 1.88 bits per heavy atom. The standard InChI is InChI=1S/C21H15F3N4O5/c1-12(29)16-7-6-15(32-16)10-28-9-8-17(27-28)26-20(30)18-19(31-11-25-18)13-2-4-14(5-3-13)33-21(22,23)24/h2-9,11H,10H2,1H3,(H,26,27,30). The molecule has 12 heteroatoms. The molecule has 3 aromatic heterocycles. The summed E-state index contributed by atoms with van der Waals surface area (Å²) in [6, 6.07) is 9.59. The molecule has 0 spiro atoms. The Bertz CT molecular complexity index is 1290. The summed E-state index contributed by atoms with van der Waals surface area (Å²) in [6.07, 6.45) is -2.16. The van der Waals surface area contributed by atoms with Gasteiger partial charge in [0.2, 0.25) is 0 Å². The number of aromatic nitrogens is 3. The number of ketones is 1. The van der Waals surface area contributed by atoms with Crippen LogP contribution in [-0.2, 0) is 6.54 Å². The molecule has 0 fully saturated rings. The summed E-state index contributed by atoms with van der Waals surface area (Å²) in [5, 5.41) is 6.79. The molecule has 0 unspecified atom stereocenters. The lowest BCUT2D eigenvalue weighted by atomic mass is 10.1. The number of hydrogen-bond acceptors (Lipinski definition) is 7. The molecule has 1 aromatic carbocycles. The lowest BCUT2D eigenvalue weighted by Crippen LogP contribution is -2.17. The van der Waals surface area contributed by atoms with Crippen LogP contribution in [0.4, 0.5) is 19.0 Å². The summed E-state index contributed by atoms with van der Waals surface area (Å²) in [6.45, 7) is 1.64. The van der Waals surface area contributed by atoms with E-state index in [1.54, 1.807) is 24.4 Å². The van der Waals surface area contributed by atoms with E-state index in [0.29, 0.717) is 11.3 Å². The van der Waals surface area contributed by atoms with Gasteiger partial charge in [-0.3, -0.25) is 14.3 Å². The van der Waals surface area contributed by atoms with E-state index in [4.69, 9.17) is 8.83 Å². The van der Waals surface area contributed by atoms with Crippen molar-refractivity contribution in [2.75, 3.05) is 5.32 Å². The maximum absolute atomic E-state index is 12.7. The second kappa shape index (κ2) is 8.65. The number of rotatable bonds is 7. The van der Waals surface area contributed by atoms with E-state index in [1.165, 1.54) is 23.7 Å². The van der Waals surface area contributed by atoms with E-state index in [0.717, 1.165) is 18.5 Å². The first-order valence-electron chi connectivity index (χ1n) is 9.42. The van der Waals surface area contributed by atoms with Crippen LogP contribution in [0.1, 0.15) is 33.7 Å². The number of nitrogens with zero attached hydrogens (tertiary/aromatic N) is 3. The molecular formula is C21H15F3N4O5. The average Bonchev–Trinajstić information content (AvgIpc) is 3.48. The van der Waals surface area contributed by atoms with Crippen LogP contribution in [0.5, 0.6) is 5.75 Å². The first kappa shape index (κ1) is 21.9. The van der Waals surface area contributed by atoms with Crippen molar-refractivity contribution >= 4 is 17.5 Å². The molecule has 4 rings (SSSR count). The third-order valence-corrected chi connectivity index (χ3v) is 4.34. The number of anilines is 1. The Balaban J connectivity index is 1.44. The van der Waals surface area contributed by atoms with Crippen LogP contribution < -0.4 is 10.1 Å². The van der Waals surface area contributed by atoms with Gasteiger partial charge in [0.05, 0.1) is 6.54 Å². The highest BCUT2D eigenvalue weighted by Crippen LogP contribution is 2.28. The number of Topliss-reactive ketones (excluding diaryl/α,β-unsaturated/α-hetero) is 1. The fourth-order valence-electron chi connectivity index (χ4n) is 2.92. The van der Waals surface area contributed by atoms with Crippen LogP contribution in [0, 0.1) is 0 Å². The van der Waals surface area contributed by atoms with E-state index in [2.05, 4.69) is 20.1 Å². The highest BCUT2D eigenvalue weighted by Gasteiger charge is 2.31. The fraction of sp³-hybridized carbons (Fsp3) is 0.143. The van der Waals surface area contributed by atoms with Crippen molar-refractivity contribution in [3.8, 4) is 17.1 Å². The van der Waals surface area contributed by atoms with Gasteiger partial charge in [0, 0.05) is 24.8 Å². The quantitative estimate of drug-likeness (QED) is 0.403. The van der Waals surface area contributed by atoms with E-state index in [1.807, 2.05) is 0 Å². The van der Waals surface area contributed by atoms with E-state index < -0.39 is 18.0 Å². The fourth-order valence-corrected chi connectivity index (χ4v) is 2.92. The number of ether oxygens (including phenoxy) is 1. The van der Waals surface area contributed by atoms with E-state index >= 15 is 0 Å². The minimum absolute atomic E-state index is 0.0674. The molecule has 33 heavy (non-hydrogen) atoms. The van der Waals surface area contributed by atoms with Crippen molar-refractivity contribution in [2.24, 2.45) is 0 Å². The van der Waals surface area contributed by atoms with Crippen LogP contribution in [0.3, 0.4) is 0 Å². The zero-order valence-electron chi connectivity index (χ0n) is 16.9. The van der Waals surface area contributed by atoms with Crippen molar-refractivity contribution in [3.05, 3.63) is 72.3 Å². The van der Waals surface area contributed by atoms with Crippen LogP contribution in [0.25, 0.3) is 11.3 Å². The van der Waals surface area contributed by atoms with Gasteiger partial charge >= 0.3 is 6.36 Å². The van der Waals surface area contributed by atoms with Crippen molar-refractivity contribution in [3.63, 3.8) is 0 Å². The van der Waals surface area contributed by atoms with Crippen LogP contribution in [0.2, 0.25) is 0 Å². The highest BCUT2D eigenvalue weighted by atomic mass is 19.4. The lowest BCUT2D eigenvalue weighted by molar-refractivity contribution is -0.274. The zero-order chi connectivity index (χ0) is 23.6. The molecular weight excluding hydrogens is 445 g/mol. The van der Waals surface area contributed by atoms with Crippen LogP contribution in [0.15, 0.2) is 63.9 Å². The number of furan rings is 1. The largest absolute Gasteiger partial charge is 0.573 e. The lowest BCUT2D eigenvalue weighted by Gasteiger charge is -2.09. The van der Waals surface area contributed by atoms with Crippen LogP contribution >= 0.6 is 0 Å². The number of carbonyl (C=O) groups excluding carboxylic acids is 2. The van der Waals surface area contributed by atoms with Crippen molar-refractivity contribution in [2.45, 2.75) is 19.8 Å². The summed E-state index contributed by atoms with van der Waals surface area (Å²) in [4.78, 5) is 27.9. The van der Waals surface area contributed by atoms with Gasteiger partial charge in [-0.1, -0.05) is 0 Å². The molecule has 0 saturated carbocycles. The summed E-state index contributed by atoms with van der Waals surface area (Å²) in [5.74, 6) is -0.189. The summed E-state index contributed by atoms with van der Waals surface area (Å²) in [5.41, 5.74) is 0.253. The maximum Gasteiger partial charge on any atom is 0.573 e. The number of halogens is 3. The number of benzene rings is 1. The number of amides is 1. The molecule has 1 amide bonds. The number of oxazole rings is 1. The molecule has 0 aliphatic heterocycles. The number of nitrogens with one attached hydrogen (secondary N) is 1. The number of alkyl halides is 3. The Morgan fingerprint density at radius 1 is 1.12 bits per heavy atom. The Morgan fingerprint density at radius 3 is 2.55 bits per heavy atom. The van der Waals surface area contributed by atoms with Gasteiger partial charge in [0.1, 0.15) is 11.5 Å². The predicted molar refractivity (Wildman–Crippen MR) is 107 cm³/mol. The summed E-state index contributed by atoms with van der Waals surface area (Å²) in [7, 11) is 0. The van der Waals surface area contributed by atoms with Crippen molar-refractivity contribution < 1.29 is 36.3 Å². The highest BCUT2D eigenvalue weighted by molar-refractivity contribution is 6.05. The SMILES string of the molecule is CC(=O)c1ccc(Cn2ccc(NC(=O)c3ncoc3-c3ccc(OC(F)(F)F)cc3)n2)o1. The van der Waals surface area contributed by atoms with Crippen molar-refractivity contribution in [1.29, 1.82) is 0 Å². The van der Waals surface area contributed by atoms with Gasteiger partial charge in [-0.2, -0.15) is 5.10 Å². The first-order chi connectivity index (χ1) is 15.7. The van der Waals surface area contributed by atoms with Gasteiger partial charge in [0.15, 0.2) is 35.2 Å². The number of hydrogen-bond donors (Lipinski definition) is 1. The molecule has 9 nitrogen and oxygen atoms in total. The summed E-state index contributed by atoms with van der Waals surface area (Å²) < 4.78 is 52.9. The predicted octanol–water partition coefficient (Wildman–Crippen LogP) is 4.53. The minimum Gasteiger partial charge on any atom is -0.456 e. The number of carbonyl (C=O) groups is 2. The Labute approximate surface area is 183 Å². The molecule has 0 aliphatic carbocycles. The Kier molecular flexibility index (Phi) is 5.73. The molecule has 4 aromatic rings. The monoisotopic (exact) mass is 460 g/mol.